The van der Waals surface area contributed by atoms with Crippen molar-refractivity contribution in [2.75, 3.05) is 0 Å². The number of carbonyl (C=O) groups is 1. The van der Waals surface area contributed by atoms with Crippen LogP contribution in [0, 0.1) is 0 Å². The lowest BCUT2D eigenvalue weighted by Crippen LogP contribution is -2.29. The van der Waals surface area contributed by atoms with E-state index in [1.54, 1.807) is 6.08 Å². The van der Waals surface area contributed by atoms with Crippen molar-refractivity contribution in [3.63, 3.8) is 0 Å². The van der Waals surface area contributed by atoms with E-state index in [4.69, 9.17) is 5.11 Å². The van der Waals surface area contributed by atoms with E-state index in [1.165, 1.54) is 0 Å². The van der Waals surface area contributed by atoms with Crippen LogP contribution in [0.1, 0.15) is 6.42 Å². The van der Waals surface area contributed by atoms with Gasteiger partial charge in [0.1, 0.15) is 6.04 Å². The smallest absolute Gasteiger partial charge is 0.321 e. The Morgan fingerprint density at radius 1 is 2.00 bits per heavy atom. The number of nitrogens with one attached hydrogen (secondary N) is 1. The first kappa shape index (κ1) is 10.0. The van der Waals surface area contributed by atoms with Crippen molar-refractivity contribution in [3.8, 4) is 0 Å². The Balaban J connectivity index is 3.71. The zero-order valence-electron chi connectivity index (χ0n) is 5.50. The maximum Gasteiger partial charge on any atom is 0.321 e. The number of hydrogen-bond acceptors (Lipinski definition) is 2. The van der Waals surface area contributed by atoms with Gasteiger partial charge in [0, 0.05) is 0 Å². The maximum atomic E-state index is 10.4. The van der Waals surface area contributed by atoms with Gasteiger partial charge < -0.3 is 5.11 Å². The standard InChI is InChI=1S/C5H11NO2P2/c1-2-3-4(5(7)8)6-10-9/h2,4,6,10H,1,3,9H2,(H,7,8). The summed E-state index contributed by atoms with van der Waals surface area (Å²) in [6.07, 6.45) is 2.06. The first-order valence-corrected chi connectivity index (χ1v) is 5.58. The monoisotopic (exact) mass is 179 g/mol. The molecule has 0 fully saturated rings. The van der Waals surface area contributed by atoms with Crippen LogP contribution in [0.25, 0.3) is 0 Å². The fourth-order valence-electron chi connectivity index (χ4n) is 0.489. The van der Waals surface area contributed by atoms with Crippen LogP contribution in [0.3, 0.4) is 0 Å². The van der Waals surface area contributed by atoms with Gasteiger partial charge in [-0.2, -0.15) is 0 Å². The van der Waals surface area contributed by atoms with Gasteiger partial charge in [-0.3, -0.25) is 9.88 Å². The fraction of sp³-hybridized carbons (Fsp3) is 0.400. The summed E-state index contributed by atoms with van der Waals surface area (Å²) < 4.78 is 0. The Kier molecular flexibility index (Phi) is 5.81. The molecular formula is C5H11NO2P2. The third-order valence-corrected chi connectivity index (χ3v) is 1.97. The minimum absolute atomic E-state index is 0.379. The molecule has 58 valence electrons. The predicted molar refractivity (Wildman–Crippen MR) is 47.4 cm³/mol. The molecular weight excluding hydrogens is 168 g/mol. The molecule has 0 aliphatic carbocycles. The number of carboxylic acids is 1. The predicted octanol–water partition coefficient (Wildman–Crippen LogP) is 0.989. The summed E-state index contributed by atoms with van der Waals surface area (Å²) in [7, 11) is 2.82. The van der Waals surface area contributed by atoms with Gasteiger partial charge in [-0.25, -0.2) is 0 Å². The molecule has 0 amide bonds. The van der Waals surface area contributed by atoms with Gasteiger partial charge in [-0.05, 0) is 14.8 Å². The number of hydrogen-bond donors (Lipinski definition) is 2. The highest BCUT2D eigenvalue weighted by molar-refractivity contribution is 8.01. The van der Waals surface area contributed by atoms with Crippen LogP contribution in [-0.4, -0.2) is 17.1 Å². The molecule has 5 heteroatoms. The number of rotatable bonds is 5. The normalized spacial score (nSPS) is 13.7. The molecule has 0 saturated carbocycles. The van der Waals surface area contributed by atoms with Crippen LogP contribution >= 0.6 is 17.3 Å². The summed E-state index contributed by atoms with van der Waals surface area (Å²) in [5.74, 6) is -0.824. The third kappa shape index (κ3) is 3.94. The molecule has 0 aromatic carbocycles. The Morgan fingerprint density at radius 3 is 2.90 bits per heavy atom. The molecule has 10 heavy (non-hydrogen) atoms. The number of aliphatic carboxylic acids is 1. The Bertz CT molecular complexity index is 129. The largest absolute Gasteiger partial charge is 0.480 e. The first-order valence-electron chi connectivity index (χ1n) is 2.77. The molecule has 0 heterocycles. The lowest BCUT2D eigenvalue weighted by Gasteiger charge is -2.08. The van der Waals surface area contributed by atoms with Crippen LogP contribution < -0.4 is 5.09 Å². The van der Waals surface area contributed by atoms with Gasteiger partial charge in [0.2, 0.25) is 0 Å². The minimum Gasteiger partial charge on any atom is -0.480 e. The van der Waals surface area contributed by atoms with E-state index in [0.29, 0.717) is 14.8 Å². The average Bonchev–Trinajstić information content (AvgIpc) is 1.87. The molecule has 0 radical (unpaired) electrons. The zero-order chi connectivity index (χ0) is 7.98. The van der Waals surface area contributed by atoms with Crippen molar-refractivity contribution in [3.05, 3.63) is 12.7 Å². The maximum absolute atomic E-state index is 10.4. The lowest BCUT2D eigenvalue weighted by atomic mass is 10.2. The molecule has 3 unspecified atom stereocenters. The highest BCUT2D eigenvalue weighted by atomic mass is 32.0. The van der Waals surface area contributed by atoms with E-state index in [2.05, 4.69) is 20.6 Å². The molecule has 0 aliphatic rings. The van der Waals surface area contributed by atoms with Gasteiger partial charge in [-0.15, -0.1) is 6.58 Å². The third-order valence-electron chi connectivity index (χ3n) is 0.958. The molecule has 0 saturated heterocycles. The Labute approximate surface area is 64.2 Å². The van der Waals surface area contributed by atoms with Crippen molar-refractivity contribution in [1.82, 2.24) is 5.09 Å². The van der Waals surface area contributed by atoms with E-state index in [-0.39, 0.29) is 0 Å². The summed E-state index contributed by atoms with van der Waals surface area (Å²) in [6, 6.07) is -0.478. The molecule has 0 rings (SSSR count). The van der Waals surface area contributed by atoms with Crippen LogP contribution in [0.5, 0.6) is 0 Å². The quantitative estimate of drug-likeness (QED) is 0.488. The second-order valence-electron chi connectivity index (χ2n) is 1.70. The van der Waals surface area contributed by atoms with Crippen LogP contribution in [-0.2, 0) is 4.79 Å². The van der Waals surface area contributed by atoms with E-state index in [0.717, 1.165) is 0 Å². The molecule has 0 spiro atoms. The van der Waals surface area contributed by atoms with Gasteiger partial charge in [0.05, 0.1) is 0 Å². The minimum atomic E-state index is -0.824. The summed E-state index contributed by atoms with van der Waals surface area (Å²) >= 11 is 0. The number of carboxylic acid groups (broad SMARTS) is 1. The highest BCUT2D eigenvalue weighted by Crippen LogP contribution is 2.15. The van der Waals surface area contributed by atoms with Gasteiger partial charge >= 0.3 is 5.97 Å². The molecule has 3 atom stereocenters. The van der Waals surface area contributed by atoms with Gasteiger partial charge in [0.25, 0.3) is 0 Å². The molecule has 3 nitrogen and oxygen atoms in total. The lowest BCUT2D eigenvalue weighted by molar-refractivity contribution is -0.138. The molecule has 0 aromatic heterocycles. The van der Waals surface area contributed by atoms with E-state index < -0.39 is 12.0 Å². The molecule has 0 aliphatic heterocycles. The van der Waals surface area contributed by atoms with Crippen molar-refractivity contribution in [2.24, 2.45) is 0 Å². The SMILES string of the molecule is C=CCC(NPP)C(=O)O. The zero-order valence-corrected chi connectivity index (χ0v) is 7.66. The molecule has 2 N–H and O–H groups in total. The van der Waals surface area contributed by atoms with Crippen LogP contribution in [0.15, 0.2) is 12.7 Å². The van der Waals surface area contributed by atoms with E-state index >= 15 is 0 Å². The topological polar surface area (TPSA) is 49.3 Å². The van der Waals surface area contributed by atoms with Crippen molar-refractivity contribution in [1.29, 1.82) is 0 Å². The second-order valence-corrected chi connectivity index (χ2v) is 3.15. The highest BCUT2D eigenvalue weighted by Gasteiger charge is 2.12. The summed E-state index contributed by atoms with van der Waals surface area (Å²) in [5, 5.41) is 11.3. The van der Waals surface area contributed by atoms with Crippen LogP contribution in [0.4, 0.5) is 0 Å². The Hall–Kier alpha value is 0.0300. The van der Waals surface area contributed by atoms with Crippen molar-refractivity contribution < 1.29 is 9.90 Å². The average molecular weight is 179 g/mol. The summed E-state index contributed by atoms with van der Waals surface area (Å²) in [6.45, 7) is 3.46. The molecule has 0 aromatic rings. The summed E-state index contributed by atoms with van der Waals surface area (Å²) in [5.41, 5.74) is 0. The summed E-state index contributed by atoms with van der Waals surface area (Å²) in [4.78, 5) is 10.4. The van der Waals surface area contributed by atoms with E-state index in [1.807, 2.05) is 0 Å². The second kappa shape index (κ2) is 5.79. The first-order chi connectivity index (χ1) is 4.72. The van der Waals surface area contributed by atoms with Crippen LogP contribution in [0.2, 0.25) is 0 Å². The van der Waals surface area contributed by atoms with Gasteiger partial charge in [-0.1, -0.05) is 15.0 Å². The van der Waals surface area contributed by atoms with E-state index in [9.17, 15) is 4.79 Å². The fourth-order valence-corrected chi connectivity index (χ4v) is 1.53. The Morgan fingerprint density at radius 2 is 2.60 bits per heavy atom. The van der Waals surface area contributed by atoms with Crippen molar-refractivity contribution >= 4 is 23.3 Å². The molecule has 0 bridgehead atoms. The van der Waals surface area contributed by atoms with Crippen molar-refractivity contribution in [2.45, 2.75) is 12.5 Å². The van der Waals surface area contributed by atoms with Gasteiger partial charge in [0.15, 0.2) is 0 Å².